The van der Waals surface area contributed by atoms with E-state index in [-0.39, 0.29) is 18.5 Å². The third-order valence-corrected chi connectivity index (χ3v) is 4.66. The second-order valence-electron chi connectivity index (χ2n) is 8.72. The number of amides is 2. The van der Waals surface area contributed by atoms with E-state index < -0.39 is 11.7 Å². The van der Waals surface area contributed by atoms with Crippen molar-refractivity contribution in [3.63, 3.8) is 0 Å². The number of hydrogen-bond donors (Lipinski definition) is 2. The molecule has 1 aliphatic carbocycles. The van der Waals surface area contributed by atoms with Crippen molar-refractivity contribution >= 4 is 12.0 Å². The lowest BCUT2D eigenvalue weighted by atomic mass is 10.1. The molecule has 0 saturated heterocycles. The number of hydrogen-bond acceptors (Lipinski definition) is 5. The average Bonchev–Trinajstić information content (AvgIpc) is 3.42. The fourth-order valence-corrected chi connectivity index (χ4v) is 3.13. The van der Waals surface area contributed by atoms with E-state index in [0.717, 1.165) is 24.2 Å². The second kappa shape index (κ2) is 10.5. The summed E-state index contributed by atoms with van der Waals surface area (Å²) in [5.41, 5.74) is 0.616. The van der Waals surface area contributed by atoms with Crippen LogP contribution in [-0.2, 0) is 9.53 Å². The number of benzene rings is 1. The van der Waals surface area contributed by atoms with E-state index in [0.29, 0.717) is 25.6 Å². The summed E-state index contributed by atoms with van der Waals surface area (Å²) < 4.78 is 10.9. The van der Waals surface area contributed by atoms with Crippen LogP contribution in [0.3, 0.4) is 0 Å². The summed E-state index contributed by atoms with van der Waals surface area (Å²) in [5.74, 6) is 1.26. The van der Waals surface area contributed by atoms with Gasteiger partial charge in [-0.3, -0.25) is 9.69 Å². The van der Waals surface area contributed by atoms with Crippen LogP contribution in [0.2, 0.25) is 0 Å². The quantitative estimate of drug-likeness (QED) is 0.585. The largest absolute Gasteiger partial charge is 0.492 e. The van der Waals surface area contributed by atoms with Crippen LogP contribution in [0.5, 0.6) is 5.75 Å². The Kier molecular flexibility index (Phi) is 8.32. The molecule has 1 fully saturated rings. The molecular weight excluding hydrogens is 370 g/mol. The Morgan fingerprint density at radius 3 is 2.59 bits per heavy atom. The molecule has 2 amide bonds. The molecule has 2 N–H and O–H groups in total. The third-order valence-electron chi connectivity index (χ3n) is 4.66. The Hall–Kier alpha value is -2.28. The highest BCUT2D eigenvalue weighted by atomic mass is 16.6. The lowest BCUT2D eigenvalue weighted by molar-refractivity contribution is -0.122. The van der Waals surface area contributed by atoms with Gasteiger partial charge in [0.15, 0.2) is 0 Å². The number of likely N-dealkylation sites (N-methyl/N-ethyl adjacent to an activating group) is 1. The minimum absolute atomic E-state index is 0.0525. The number of alkyl carbamates (subject to hydrolysis) is 1. The monoisotopic (exact) mass is 405 g/mol. The molecule has 0 radical (unpaired) electrons. The van der Waals surface area contributed by atoms with Gasteiger partial charge in [-0.1, -0.05) is 12.1 Å². The summed E-state index contributed by atoms with van der Waals surface area (Å²) in [4.78, 5) is 26.2. The molecule has 1 saturated carbocycles. The number of nitrogens with one attached hydrogen (secondary N) is 2. The number of aryl methyl sites for hydroxylation is 1. The first-order valence-electron chi connectivity index (χ1n) is 10.3. The molecule has 1 unspecified atom stereocenters. The zero-order chi connectivity index (χ0) is 21.4. The third kappa shape index (κ3) is 9.17. The van der Waals surface area contributed by atoms with Crippen LogP contribution in [0.15, 0.2) is 24.3 Å². The average molecular weight is 406 g/mol. The first kappa shape index (κ1) is 23.0. The van der Waals surface area contributed by atoms with Crippen molar-refractivity contribution in [1.82, 2.24) is 15.5 Å². The van der Waals surface area contributed by atoms with Gasteiger partial charge in [0.1, 0.15) is 18.0 Å². The summed E-state index contributed by atoms with van der Waals surface area (Å²) in [6.07, 6.45) is 1.82. The van der Waals surface area contributed by atoms with Crippen LogP contribution >= 0.6 is 0 Å². The van der Waals surface area contributed by atoms with Crippen LogP contribution in [0.1, 0.15) is 39.2 Å². The van der Waals surface area contributed by atoms with Gasteiger partial charge in [0, 0.05) is 12.6 Å². The molecule has 1 aromatic carbocycles. The first-order chi connectivity index (χ1) is 13.6. The molecule has 0 aromatic heterocycles. The maximum absolute atomic E-state index is 12.3. The highest BCUT2D eigenvalue weighted by Gasteiger charge is 2.34. The normalized spacial score (nSPS) is 15.0. The SMILES string of the molecule is Cc1cccc(OCCNC(=O)CN(C)C(CNC(=O)OC(C)(C)C)C2CC2)c1. The van der Waals surface area contributed by atoms with Gasteiger partial charge in [-0.25, -0.2) is 4.79 Å². The van der Waals surface area contributed by atoms with Gasteiger partial charge in [-0.05, 0) is 71.2 Å². The minimum atomic E-state index is -0.522. The van der Waals surface area contributed by atoms with Gasteiger partial charge in [0.25, 0.3) is 0 Å². The predicted molar refractivity (Wildman–Crippen MR) is 113 cm³/mol. The molecule has 1 atom stereocenters. The van der Waals surface area contributed by atoms with Crippen LogP contribution in [-0.4, -0.2) is 61.8 Å². The number of carbonyl (C=O) groups is 2. The molecule has 7 nitrogen and oxygen atoms in total. The Balaban J connectivity index is 1.69. The molecule has 162 valence electrons. The standard InChI is InChI=1S/C22H35N3O4/c1-16-7-6-8-18(13-16)28-12-11-23-20(26)15-25(5)19(17-9-10-17)14-24-21(27)29-22(2,3)4/h6-8,13,17,19H,9-12,14-15H2,1-5H3,(H,23,26)(H,24,27). The summed E-state index contributed by atoms with van der Waals surface area (Å²) in [5, 5.41) is 5.73. The number of carbonyl (C=O) groups excluding carboxylic acids is 2. The van der Waals surface area contributed by atoms with Gasteiger partial charge in [-0.15, -0.1) is 0 Å². The van der Waals surface area contributed by atoms with E-state index in [1.807, 2.05) is 63.9 Å². The van der Waals surface area contributed by atoms with Gasteiger partial charge in [0.05, 0.1) is 13.1 Å². The Morgan fingerprint density at radius 2 is 1.97 bits per heavy atom. The topological polar surface area (TPSA) is 79.9 Å². The molecule has 29 heavy (non-hydrogen) atoms. The highest BCUT2D eigenvalue weighted by molar-refractivity contribution is 5.78. The molecule has 0 aliphatic heterocycles. The molecule has 1 aromatic rings. The molecule has 2 rings (SSSR count). The van der Waals surface area contributed by atoms with E-state index in [1.165, 1.54) is 0 Å². The van der Waals surface area contributed by atoms with Crippen molar-refractivity contribution in [1.29, 1.82) is 0 Å². The Labute approximate surface area is 174 Å². The molecular formula is C22H35N3O4. The van der Waals surface area contributed by atoms with E-state index in [2.05, 4.69) is 10.6 Å². The smallest absolute Gasteiger partial charge is 0.407 e. The van der Waals surface area contributed by atoms with Gasteiger partial charge < -0.3 is 20.1 Å². The van der Waals surface area contributed by atoms with E-state index in [1.54, 1.807) is 0 Å². The van der Waals surface area contributed by atoms with Crippen LogP contribution in [0.25, 0.3) is 0 Å². The zero-order valence-electron chi connectivity index (χ0n) is 18.3. The number of ether oxygens (including phenoxy) is 2. The summed E-state index contributed by atoms with van der Waals surface area (Å²) >= 11 is 0. The Bertz CT molecular complexity index is 683. The molecule has 1 aliphatic rings. The molecule has 7 heteroatoms. The first-order valence-corrected chi connectivity index (χ1v) is 10.3. The zero-order valence-corrected chi connectivity index (χ0v) is 18.3. The van der Waals surface area contributed by atoms with Crippen LogP contribution < -0.4 is 15.4 Å². The Morgan fingerprint density at radius 1 is 1.24 bits per heavy atom. The summed E-state index contributed by atoms with van der Waals surface area (Å²) in [6.45, 7) is 9.15. The van der Waals surface area contributed by atoms with E-state index in [4.69, 9.17) is 9.47 Å². The molecule has 0 heterocycles. The molecule has 0 bridgehead atoms. The lowest BCUT2D eigenvalue weighted by Crippen LogP contribution is -2.48. The maximum Gasteiger partial charge on any atom is 0.407 e. The van der Waals surface area contributed by atoms with Crippen molar-refractivity contribution < 1.29 is 19.1 Å². The van der Waals surface area contributed by atoms with Gasteiger partial charge in [0.2, 0.25) is 5.91 Å². The summed E-state index contributed by atoms with van der Waals surface area (Å²) in [7, 11) is 1.92. The van der Waals surface area contributed by atoms with Gasteiger partial charge >= 0.3 is 6.09 Å². The summed E-state index contributed by atoms with van der Waals surface area (Å²) in [6, 6.07) is 7.95. The molecule has 0 spiro atoms. The van der Waals surface area contributed by atoms with E-state index in [9.17, 15) is 9.59 Å². The van der Waals surface area contributed by atoms with Crippen LogP contribution in [0.4, 0.5) is 4.79 Å². The van der Waals surface area contributed by atoms with E-state index >= 15 is 0 Å². The van der Waals surface area contributed by atoms with Crippen molar-refractivity contribution in [2.24, 2.45) is 5.92 Å². The van der Waals surface area contributed by atoms with Crippen molar-refractivity contribution in [2.75, 3.05) is 33.3 Å². The van der Waals surface area contributed by atoms with Crippen molar-refractivity contribution in [3.05, 3.63) is 29.8 Å². The second-order valence-corrected chi connectivity index (χ2v) is 8.72. The van der Waals surface area contributed by atoms with Crippen molar-refractivity contribution in [2.45, 2.75) is 52.2 Å². The fourth-order valence-electron chi connectivity index (χ4n) is 3.13. The highest BCUT2D eigenvalue weighted by Crippen LogP contribution is 2.34. The number of nitrogens with zero attached hydrogens (tertiary/aromatic N) is 1. The predicted octanol–water partition coefficient (Wildman–Crippen LogP) is 2.73. The van der Waals surface area contributed by atoms with Crippen LogP contribution in [0, 0.1) is 12.8 Å². The maximum atomic E-state index is 12.3. The number of rotatable bonds is 10. The minimum Gasteiger partial charge on any atom is -0.492 e. The van der Waals surface area contributed by atoms with Crippen molar-refractivity contribution in [3.8, 4) is 5.75 Å². The fraction of sp³-hybridized carbons (Fsp3) is 0.636. The lowest BCUT2D eigenvalue weighted by Gasteiger charge is -2.28. The van der Waals surface area contributed by atoms with Gasteiger partial charge in [-0.2, -0.15) is 0 Å².